The van der Waals surface area contributed by atoms with E-state index in [1.807, 2.05) is 0 Å². The van der Waals surface area contributed by atoms with Crippen molar-refractivity contribution in [2.45, 2.75) is 30.6 Å². The van der Waals surface area contributed by atoms with Crippen molar-refractivity contribution in [2.75, 3.05) is 12.8 Å². The highest BCUT2D eigenvalue weighted by Gasteiger charge is 2.35. The molecule has 1 aliphatic rings. The van der Waals surface area contributed by atoms with Gasteiger partial charge in [0.15, 0.2) is 9.84 Å². The molecule has 2 atom stereocenters. The van der Waals surface area contributed by atoms with E-state index in [2.05, 4.69) is 10.3 Å². The van der Waals surface area contributed by atoms with Gasteiger partial charge in [0.25, 0.3) is 0 Å². The number of hydrogen-bond acceptors (Lipinski definition) is 4. The number of rotatable bonds is 3. The van der Waals surface area contributed by atoms with Crippen LogP contribution in [0, 0.1) is 5.82 Å². The van der Waals surface area contributed by atoms with Gasteiger partial charge >= 0.3 is 0 Å². The van der Waals surface area contributed by atoms with Crippen LogP contribution in [0.15, 0.2) is 18.5 Å². The molecule has 0 radical (unpaired) electrons. The number of nitrogens with zero attached hydrogens (tertiary/aromatic N) is 1. The predicted octanol–water partition coefficient (Wildman–Crippen LogP) is 1.45. The van der Waals surface area contributed by atoms with Crippen LogP contribution in [0.3, 0.4) is 0 Å². The zero-order chi connectivity index (χ0) is 13.2. The topological polar surface area (TPSA) is 59.1 Å². The second kappa shape index (κ2) is 5.32. The lowest BCUT2D eigenvalue weighted by Gasteiger charge is -2.30. The standard InChI is InChI=1S/C12H17FN2O2S/c1-14-12(9-6-10(13)8-15-7-9)11-4-2-3-5-18(11,16)17/h6-8,11-12,14H,2-5H2,1H3. The summed E-state index contributed by atoms with van der Waals surface area (Å²) < 4.78 is 37.4. The summed E-state index contributed by atoms with van der Waals surface area (Å²) in [5.41, 5.74) is 0.591. The van der Waals surface area contributed by atoms with E-state index in [9.17, 15) is 12.8 Å². The van der Waals surface area contributed by atoms with Gasteiger partial charge in [0.05, 0.1) is 23.2 Å². The lowest BCUT2D eigenvalue weighted by atomic mass is 10.0. The second-order valence-electron chi connectivity index (χ2n) is 4.60. The van der Waals surface area contributed by atoms with E-state index >= 15 is 0 Å². The average Bonchev–Trinajstić information content (AvgIpc) is 2.32. The van der Waals surface area contributed by atoms with Gasteiger partial charge in [-0.3, -0.25) is 4.98 Å². The molecular formula is C12H17FN2O2S. The van der Waals surface area contributed by atoms with Crippen molar-refractivity contribution < 1.29 is 12.8 Å². The number of hydrogen-bond donors (Lipinski definition) is 1. The first-order valence-corrected chi connectivity index (χ1v) is 7.75. The lowest BCUT2D eigenvalue weighted by molar-refractivity contribution is 0.466. The van der Waals surface area contributed by atoms with Gasteiger partial charge in [-0.15, -0.1) is 0 Å². The first-order valence-electron chi connectivity index (χ1n) is 6.04. The third kappa shape index (κ3) is 2.70. The Labute approximate surface area is 107 Å². The Hall–Kier alpha value is -1.01. The van der Waals surface area contributed by atoms with Gasteiger partial charge < -0.3 is 5.32 Å². The maximum atomic E-state index is 13.2. The van der Waals surface area contributed by atoms with E-state index in [4.69, 9.17) is 0 Å². The Balaban J connectivity index is 2.33. The molecule has 4 nitrogen and oxygen atoms in total. The highest BCUT2D eigenvalue weighted by atomic mass is 32.2. The molecule has 1 fully saturated rings. The highest BCUT2D eigenvalue weighted by molar-refractivity contribution is 7.92. The van der Waals surface area contributed by atoms with Crippen LogP contribution in [0.5, 0.6) is 0 Å². The number of pyridine rings is 1. The van der Waals surface area contributed by atoms with Crippen molar-refractivity contribution in [3.05, 3.63) is 29.8 Å². The third-order valence-electron chi connectivity index (χ3n) is 3.40. The molecule has 18 heavy (non-hydrogen) atoms. The summed E-state index contributed by atoms with van der Waals surface area (Å²) in [5, 5.41) is 2.50. The summed E-state index contributed by atoms with van der Waals surface area (Å²) in [6.07, 6.45) is 4.87. The third-order valence-corrected chi connectivity index (χ3v) is 5.68. The highest BCUT2D eigenvalue weighted by Crippen LogP contribution is 2.30. The van der Waals surface area contributed by atoms with Gasteiger partial charge in [-0.05, 0) is 31.5 Å². The molecule has 100 valence electrons. The van der Waals surface area contributed by atoms with Gasteiger partial charge in [-0.1, -0.05) is 6.42 Å². The van der Waals surface area contributed by atoms with E-state index < -0.39 is 26.9 Å². The van der Waals surface area contributed by atoms with E-state index in [0.29, 0.717) is 12.0 Å². The number of nitrogens with one attached hydrogen (secondary N) is 1. The smallest absolute Gasteiger partial charge is 0.155 e. The molecule has 0 aromatic carbocycles. The van der Waals surface area contributed by atoms with Crippen molar-refractivity contribution in [1.29, 1.82) is 0 Å². The van der Waals surface area contributed by atoms with Gasteiger partial charge in [-0.2, -0.15) is 0 Å². The maximum absolute atomic E-state index is 13.2. The summed E-state index contributed by atoms with van der Waals surface area (Å²) in [7, 11) is -1.41. The van der Waals surface area contributed by atoms with Crippen LogP contribution >= 0.6 is 0 Å². The quantitative estimate of drug-likeness (QED) is 0.904. The van der Waals surface area contributed by atoms with Crippen molar-refractivity contribution in [3.8, 4) is 0 Å². The molecule has 0 bridgehead atoms. The molecule has 1 aromatic rings. The van der Waals surface area contributed by atoms with Crippen LogP contribution in [0.4, 0.5) is 4.39 Å². The fourth-order valence-corrected chi connectivity index (χ4v) is 4.66. The van der Waals surface area contributed by atoms with Gasteiger partial charge in [0, 0.05) is 6.20 Å². The Morgan fingerprint density at radius 3 is 2.83 bits per heavy atom. The van der Waals surface area contributed by atoms with Crippen LogP contribution in [0.25, 0.3) is 0 Å². The van der Waals surface area contributed by atoms with Crippen LogP contribution in [-0.2, 0) is 9.84 Å². The minimum Gasteiger partial charge on any atom is -0.312 e. The largest absolute Gasteiger partial charge is 0.312 e. The molecule has 1 aromatic heterocycles. The van der Waals surface area contributed by atoms with E-state index in [1.165, 1.54) is 12.3 Å². The van der Waals surface area contributed by atoms with Gasteiger partial charge in [-0.25, -0.2) is 12.8 Å². The van der Waals surface area contributed by atoms with E-state index in [0.717, 1.165) is 19.0 Å². The number of halogens is 1. The fourth-order valence-electron chi connectivity index (χ4n) is 2.52. The molecule has 0 aliphatic carbocycles. The SMILES string of the molecule is CNC(c1cncc(F)c1)C1CCCCS1(=O)=O. The van der Waals surface area contributed by atoms with Crippen LogP contribution in [-0.4, -0.2) is 31.5 Å². The molecule has 0 amide bonds. The first kappa shape index (κ1) is 13.4. The fraction of sp³-hybridized carbons (Fsp3) is 0.583. The molecule has 2 unspecified atom stereocenters. The number of aromatic nitrogens is 1. The predicted molar refractivity (Wildman–Crippen MR) is 67.4 cm³/mol. The Morgan fingerprint density at radius 1 is 1.44 bits per heavy atom. The monoisotopic (exact) mass is 272 g/mol. The second-order valence-corrected chi connectivity index (χ2v) is 6.94. The molecule has 0 saturated carbocycles. The van der Waals surface area contributed by atoms with Gasteiger partial charge in [0.2, 0.25) is 0 Å². The van der Waals surface area contributed by atoms with Crippen molar-refractivity contribution in [2.24, 2.45) is 0 Å². The van der Waals surface area contributed by atoms with E-state index in [1.54, 1.807) is 7.05 Å². The van der Waals surface area contributed by atoms with E-state index in [-0.39, 0.29) is 5.75 Å². The molecule has 2 rings (SSSR count). The Bertz CT molecular complexity index is 519. The summed E-state index contributed by atoms with van der Waals surface area (Å²) in [4.78, 5) is 3.79. The maximum Gasteiger partial charge on any atom is 0.155 e. The Morgan fingerprint density at radius 2 is 2.22 bits per heavy atom. The molecular weight excluding hydrogens is 255 g/mol. The van der Waals surface area contributed by atoms with Crippen LogP contribution < -0.4 is 5.32 Å². The van der Waals surface area contributed by atoms with Crippen molar-refractivity contribution in [3.63, 3.8) is 0 Å². The zero-order valence-electron chi connectivity index (χ0n) is 10.3. The first-order chi connectivity index (χ1) is 8.54. The molecule has 6 heteroatoms. The average molecular weight is 272 g/mol. The summed E-state index contributed by atoms with van der Waals surface area (Å²) in [5.74, 6) is -0.223. The van der Waals surface area contributed by atoms with Crippen LogP contribution in [0.1, 0.15) is 30.9 Å². The molecule has 1 aliphatic heterocycles. The Kier molecular flexibility index (Phi) is 3.97. The normalized spacial score (nSPS) is 24.7. The molecule has 1 saturated heterocycles. The molecule has 0 spiro atoms. The number of sulfone groups is 1. The summed E-state index contributed by atoms with van der Waals surface area (Å²) in [6, 6.07) is 0.955. The zero-order valence-corrected chi connectivity index (χ0v) is 11.1. The van der Waals surface area contributed by atoms with Gasteiger partial charge in [0.1, 0.15) is 5.82 Å². The van der Waals surface area contributed by atoms with Crippen LogP contribution in [0.2, 0.25) is 0 Å². The minimum absolute atomic E-state index is 0.221. The summed E-state index contributed by atoms with van der Waals surface area (Å²) in [6.45, 7) is 0. The van der Waals surface area contributed by atoms with Crippen molar-refractivity contribution in [1.82, 2.24) is 10.3 Å². The van der Waals surface area contributed by atoms with Crippen molar-refractivity contribution >= 4 is 9.84 Å². The lowest BCUT2D eigenvalue weighted by Crippen LogP contribution is -2.39. The molecule has 1 N–H and O–H groups in total. The molecule has 2 heterocycles. The minimum atomic E-state index is -3.11. The summed E-state index contributed by atoms with van der Waals surface area (Å²) >= 11 is 0.